The molecule has 0 radical (unpaired) electrons. The summed E-state index contributed by atoms with van der Waals surface area (Å²) < 4.78 is 11.2. The molecule has 0 aliphatic carbocycles. The molecule has 1 aliphatic heterocycles. The predicted octanol–water partition coefficient (Wildman–Crippen LogP) is 3.13. The van der Waals surface area contributed by atoms with E-state index < -0.39 is 17.8 Å². The third-order valence-electron chi connectivity index (χ3n) is 3.92. The zero-order chi connectivity index (χ0) is 19.6. The van der Waals surface area contributed by atoms with Crippen LogP contribution in [0.25, 0.3) is 6.08 Å². The molecule has 138 valence electrons. The van der Waals surface area contributed by atoms with Crippen molar-refractivity contribution in [2.75, 3.05) is 19.1 Å². The Morgan fingerprint density at radius 3 is 2.33 bits per heavy atom. The quantitative estimate of drug-likeness (QED) is 0.594. The number of methoxy groups -OCH3 is 2. The van der Waals surface area contributed by atoms with E-state index in [0.717, 1.165) is 9.37 Å². The number of nitrogens with zero attached hydrogens (tertiary/aromatic N) is 1. The van der Waals surface area contributed by atoms with Crippen molar-refractivity contribution >= 4 is 45.5 Å². The molecule has 0 unspecified atom stereocenters. The number of imide groups is 2. The van der Waals surface area contributed by atoms with Gasteiger partial charge >= 0.3 is 6.03 Å². The Balaban J connectivity index is 2.05. The number of halogens is 1. The zero-order valence-electron chi connectivity index (χ0n) is 14.5. The molecule has 3 rings (SSSR count). The molecular formula is C19H15BrN2O5. The minimum absolute atomic E-state index is 0.191. The minimum Gasteiger partial charge on any atom is -0.497 e. The van der Waals surface area contributed by atoms with Crippen molar-refractivity contribution in [1.29, 1.82) is 0 Å². The van der Waals surface area contributed by atoms with Crippen molar-refractivity contribution in [3.8, 4) is 11.5 Å². The summed E-state index contributed by atoms with van der Waals surface area (Å²) in [6, 6.07) is 10.8. The number of rotatable bonds is 4. The lowest BCUT2D eigenvalue weighted by Crippen LogP contribution is -2.54. The molecule has 1 aliphatic rings. The Kier molecular flexibility index (Phi) is 5.27. The van der Waals surface area contributed by atoms with E-state index in [-0.39, 0.29) is 5.57 Å². The van der Waals surface area contributed by atoms with E-state index >= 15 is 0 Å². The van der Waals surface area contributed by atoms with E-state index in [1.54, 1.807) is 42.5 Å². The second-order valence-corrected chi connectivity index (χ2v) is 6.46. The maximum atomic E-state index is 12.9. The fraction of sp³-hybridized carbons (Fsp3) is 0.105. The van der Waals surface area contributed by atoms with Gasteiger partial charge < -0.3 is 9.47 Å². The first kappa shape index (κ1) is 18.7. The van der Waals surface area contributed by atoms with Crippen LogP contribution in [-0.2, 0) is 9.59 Å². The van der Waals surface area contributed by atoms with E-state index in [2.05, 4.69) is 21.2 Å². The average molecular weight is 431 g/mol. The Morgan fingerprint density at radius 2 is 1.70 bits per heavy atom. The molecule has 1 N–H and O–H groups in total. The SMILES string of the molecule is COc1ccc(OC)c(C=C2C(=O)NC(=O)N(c3ccc(Br)cc3)C2=O)c1. The highest BCUT2D eigenvalue weighted by Gasteiger charge is 2.36. The molecule has 27 heavy (non-hydrogen) atoms. The highest BCUT2D eigenvalue weighted by atomic mass is 79.9. The van der Waals surface area contributed by atoms with Gasteiger partial charge in [-0.1, -0.05) is 15.9 Å². The van der Waals surface area contributed by atoms with E-state index in [1.165, 1.54) is 20.3 Å². The maximum absolute atomic E-state index is 12.9. The number of barbiturate groups is 1. The van der Waals surface area contributed by atoms with Gasteiger partial charge in [-0.3, -0.25) is 14.9 Å². The van der Waals surface area contributed by atoms with Crippen molar-refractivity contribution < 1.29 is 23.9 Å². The maximum Gasteiger partial charge on any atom is 0.335 e. The lowest BCUT2D eigenvalue weighted by Gasteiger charge is -2.26. The largest absolute Gasteiger partial charge is 0.497 e. The number of hydrogen-bond donors (Lipinski definition) is 1. The third-order valence-corrected chi connectivity index (χ3v) is 4.45. The van der Waals surface area contributed by atoms with Crippen LogP contribution in [0.3, 0.4) is 0 Å². The zero-order valence-corrected chi connectivity index (χ0v) is 16.1. The molecule has 0 spiro atoms. The third kappa shape index (κ3) is 3.70. The predicted molar refractivity (Wildman–Crippen MR) is 103 cm³/mol. The van der Waals surface area contributed by atoms with Crippen molar-refractivity contribution in [3.63, 3.8) is 0 Å². The van der Waals surface area contributed by atoms with Gasteiger partial charge in [-0.25, -0.2) is 9.69 Å². The number of carbonyl (C=O) groups is 3. The van der Waals surface area contributed by atoms with Crippen LogP contribution in [0.1, 0.15) is 5.56 Å². The van der Waals surface area contributed by atoms with Gasteiger partial charge in [0.15, 0.2) is 0 Å². The summed E-state index contributed by atoms with van der Waals surface area (Å²) >= 11 is 3.30. The van der Waals surface area contributed by atoms with Crippen LogP contribution in [0.2, 0.25) is 0 Å². The van der Waals surface area contributed by atoms with E-state index in [4.69, 9.17) is 9.47 Å². The standard InChI is InChI=1S/C19H15BrN2O5/c1-26-14-7-8-16(27-2)11(9-14)10-15-17(23)21-19(25)22(18(15)24)13-5-3-12(20)4-6-13/h3-10H,1-2H3,(H,21,23,25). The van der Waals surface area contributed by atoms with Gasteiger partial charge in [-0.15, -0.1) is 0 Å². The molecule has 0 aromatic heterocycles. The molecule has 0 bridgehead atoms. The number of carbonyl (C=O) groups excluding carboxylic acids is 3. The number of urea groups is 1. The minimum atomic E-state index is -0.804. The van der Waals surface area contributed by atoms with E-state index in [1.807, 2.05) is 0 Å². The Bertz CT molecular complexity index is 953. The van der Waals surface area contributed by atoms with Crippen molar-refractivity contribution in [1.82, 2.24) is 5.32 Å². The summed E-state index contributed by atoms with van der Waals surface area (Å²) in [4.78, 5) is 38.3. The molecule has 8 heteroatoms. The fourth-order valence-electron chi connectivity index (χ4n) is 2.59. The van der Waals surface area contributed by atoms with Crippen LogP contribution in [0.4, 0.5) is 10.5 Å². The summed E-state index contributed by atoms with van der Waals surface area (Å²) in [7, 11) is 2.98. The summed E-state index contributed by atoms with van der Waals surface area (Å²) in [5.41, 5.74) is 0.626. The van der Waals surface area contributed by atoms with Crippen LogP contribution < -0.4 is 19.7 Å². The van der Waals surface area contributed by atoms with E-state index in [9.17, 15) is 14.4 Å². The highest BCUT2D eigenvalue weighted by Crippen LogP contribution is 2.28. The monoisotopic (exact) mass is 430 g/mol. The first-order chi connectivity index (χ1) is 12.9. The van der Waals surface area contributed by atoms with Crippen LogP contribution in [0.15, 0.2) is 52.5 Å². The lowest BCUT2D eigenvalue weighted by molar-refractivity contribution is -0.122. The number of amides is 4. The molecule has 1 fully saturated rings. The smallest absolute Gasteiger partial charge is 0.335 e. The summed E-state index contributed by atoms with van der Waals surface area (Å²) in [5, 5.41) is 2.18. The topological polar surface area (TPSA) is 84.9 Å². The number of hydrogen-bond acceptors (Lipinski definition) is 5. The molecule has 2 aromatic carbocycles. The van der Waals surface area contributed by atoms with Crippen LogP contribution in [0.5, 0.6) is 11.5 Å². The average Bonchev–Trinajstić information content (AvgIpc) is 2.66. The number of nitrogens with one attached hydrogen (secondary N) is 1. The van der Waals surface area contributed by atoms with Crippen molar-refractivity contribution in [2.24, 2.45) is 0 Å². The van der Waals surface area contributed by atoms with Gasteiger partial charge in [0.1, 0.15) is 17.1 Å². The first-order valence-corrected chi connectivity index (χ1v) is 8.63. The van der Waals surface area contributed by atoms with Gasteiger partial charge in [-0.05, 0) is 48.5 Å². The molecule has 0 atom stereocenters. The van der Waals surface area contributed by atoms with Crippen molar-refractivity contribution in [3.05, 3.63) is 58.1 Å². The molecule has 4 amide bonds. The number of benzene rings is 2. The normalized spacial score (nSPS) is 15.7. The second kappa shape index (κ2) is 7.63. The van der Waals surface area contributed by atoms with Crippen molar-refractivity contribution in [2.45, 2.75) is 0 Å². The molecule has 1 heterocycles. The van der Waals surface area contributed by atoms with Gasteiger partial charge in [-0.2, -0.15) is 0 Å². The highest BCUT2D eigenvalue weighted by molar-refractivity contribution is 9.10. The van der Waals surface area contributed by atoms with Crippen LogP contribution >= 0.6 is 15.9 Å². The number of anilines is 1. The summed E-state index contributed by atoms with van der Waals surface area (Å²) in [6.45, 7) is 0. The fourth-order valence-corrected chi connectivity index (χ4v) is 2.85. The summed E-state index contributed by atoms with van der Waals surface area (Å²) in [6.07, 6.45) is 1.37. The summed E-state index contributed by atoms with van der Waals surface area (Å²) in [5.74, 6) is -0.512. The Hall–Kier alpha value is -3.13. The van der Waals surface area contributed by atoms with Gasteiger partial charge in [0.2, 0.25) is 0 Å². The van der Waals surface area contributed by atoms with Crippen LogP contribution in [0, 0.1) is 0 Å². The van der Waals surface area contributed by atoms with Gasteiger partial charge in [0.25, 0.3) is 11.8 Å². The van der Waals surface area contributed by atoms with E-state index in [0.29, 0.717) is 22.7 Å². The van der Waals surface area contributed by atoms with Gasteiger partial charge in [0.05, 0.1) is 19.9 Å². The molecular weight excluding hydrogens is 416 g/mol. The second-order valence-electron chi connectivity index (χ2n) is 5.54. The molecule has 1 saturated heterocycles. The van der Waals surface area contributed by atoms with Gasteiger partial charge in [0, 0.05) is 10.0 Å². The Morgan fingerprint density at radius 1 is 1.00 bits per heavy atom. The lowest BCUT2D eigenvalue weighted by atomic mass is 10.1. The molecule has 0 saturated carbocycles. The van der Waals surface area contributed by atoms with Crippen LogP contribution in [-0.4, -0.2) is 32.1 Å². The first-order valence-electron chi connectivity index (χ1n) is 7.83. The Labute approximate surface area is 163 Å². The number of ether oxygens (including phenoxy) is 2. The molecule has 2 aromatic rings. The molecule has 7 nitrogen and oxygen atoms in total.